The van der Waals surface area contributed by atoms with Crippen molar-refractivity contribution < 1.29 is 9.59 Å². The lowest BCUT2D eigenvalue weighted by molar-refractivity contribution is -0.121. The first-order chi connectivity index (χ1) is 8.65. The molecule has 1 heterocycles. The maximum Gasteiger partial charge on any atom is 0.234 e. The van der Waals surface area contributed by atoms with Gasteiger partial charge in [-0.25, -0.2) is 0 Å². The highest BCUT2D eigenvalue weighted by Gasteiger charge is 2.29. The maximum atomic E-state index is 11.7. The van der Waals surface area contributed by atoms with E-state index in [0.717, 1.165) is 10.8 Å². The van der Waals surface area contributed by atoms with E-state index in [9.17, 15) is 9.59 Å². The largest absolute Gasteiger partial charge is 0.397 e. The van der Waals surface area contributed by atoms with E-state index in [4.69, 9.17) is 5.73 Å². The Kier molecular flexibility index (Phi) is 2.30. The van der Waals surface area contributed by atoms with Crippen molar-refractivity contribution in [3.63, 3.8) is 0 Å². The molecule has 1 aliphatic rings. The molecular formula is C14H12N2O2. The third kappa shape index (κ3) is 1.62. The Hall–Kier alpha value is -2.36. The minimum atomic E-state index is -0.179. The lowest BCUT2D eigenvalue weighted by Gasteiger charge is -2.17. The molecule has 1 aliphatic heterocycles. The number of ketones is 1. The van der Waals surface area contributed by atoms with Crippen molar-refractivity contribution in [2.75, 3.05) is 17.2 Å². The Morgan fingerprint density at radius 3 is 2.33 bits per heavy atom. The van der Waals surface area contributed by atoms with E-state index >= 15 is 0 Å². The van der Waals surface area contributed by atoms with E-state index in [0.29, 0.717) is 11.4 Å². The van der Waals surface area contributed by atoms with E-state index in [1.807, 2.05) is 36.4 Å². The summed E-state index contributed by atoms with van der Waals surface area (Å²) in [4.78, 5) is 24.5. The van der Waals surface area contributed by atoms with Gasteiger partial charge in [-0.15, -0.1) is 0 Å². The van der Waals surface area contributed by atoms with Crippen molar-refractivity contribution in [3.8, 4) is 0 Å². The van der Waals surface area contributed by atoms with Crippen molar-refractivity contribution >= 4 is 33.8 Å². The van der Waals surface area contributed by atoms with E-state index in [1.54, 1.807) is 0 Å². The number of carbonyl (C=O) groups excluding carboxylic acids is 2. The highest BCUT2D eigenvalue weighted by molar-refractivity contribution is 6.16. The molecule has 4 heteroatoms. The number of hydrogen-bond donors (Lipinski definition) is 1. The number of Topliss-reactive ketones (excluding diaryl/α,β-unsaturated/α-hetero) is 1. The molecule has 3 rings (SSSR count). The molecule has 0 radical (unpaired) electrons. The summed E-state index contributed by atoms with van der Waals surface area (Å²) in [5.41, 5.74) is 7.12. The smallest absolute Gasteiger partial charge is 0.234 e. The molecule has 0 unspecified atom stereocenters. The van der Waals surface area contributed by atoms with Gasteiger partial charge in [-0.3, -0.25) is 9.59 Å². The number of anilines is 2. The highest BCUT2D eigenvalue weighted by Crippen LogP contribution is 2.31. The van der Waals surface area contributed by atoms with Crippen LogP contribution in [0.25, 0.3) is 10.8 Å². The summed E-state index contributed by atoms with van der Waals surface area (Å²) < 4.78 is 0. The van der Waals surface area contributed by atoms with Crippen molar-refractivity contribution in [3.05, 3.63) is 36.4 Å². The van der Waals surface area contributed by atoms with Gasteiger partial charge in [-0.05, 0) is 22.9 Å². The number of hydrogen-bond acceptors (Lipinski definition) is 3. The Bertz CT molecular complexity index is 664. The average Bonchev–Trinajstić information content (AvgIpc) is 2.67. The van der Waals surface area contributed by atoms with Crippen molar-refractivity contribution in [2.45, 2.75) is 6.42 Å². The van der Waals surface area contributed by atoms with Crippen LogP contribution < -0.4 is 10.6 Å². The molecule has 0 aliphatic carbocycles. The summed E-state index contributed by atoms with van der Waals surface area (Å²) in [5.74, 6) is -0.241. The Morgan fingerprint density at radius 2 is 1.72 bits per heavy atom. The van der Waals surface area contributed by atoms with Gasteiger partial charge >= 0.3 is 0 Å². The second-order valence-corrected chi connectivity index (χ2v) is 4.45. The van der Waals surface area contributed by atoms with Crippen molar-refractivity contribution in [2.24, 2.45) is 0 Å². The van der Waals surface area contributed by atoms with Crippen LogP contribution in [-0.4, -0.2) is 18.2 Å². The Balaban J connectivity index is 2.14. The molecule has 0 spiro atoms. The fraction of sp³-hybridized carbons (Fsp3) is 0.143. The maximum absolute atomic E-state index is 11.7. The molecule has 1 saturated heterocycles. The molecule has 90 valence electrons. The van der Waals surface area contributed by atoms with E-state index in [-0.39, 0.29) is 24.7 Å². The summed E-state index contributed by atoms with van der Waals surface area (Å²) in [6.07, 6.45) is -0.0216. The highest BCUT2D eigenvalue weighted by atomic mass is 16.2. The van der Waals surface area contributed by atoms with Crippen LogP contribution in [0.2, 0.25) is 0 Å². The van der Waals surface area contributed by atoms with Crippen molar-refractivity contribution in [1.82, 2.24) is 0 Å². The molecule has 2 aromatic carbocycles. The van der Waals surface area contributed by atoms with Crippen molar-refractivity contribution in [1.29, 1.82) is 0 Å². The normalized spacial score (nSPS) is 15.7. The van der Waals surface area contributed by atoms with Crippen LogP contribution in [0.1, 0.15) is 6.42 Å². The van der Waals surface area contributed by atoms with Crippen LogP contribution in [0.5, 0.6) is 0 Å². The molecule has 18 heavy (non-hydrogen) atoms. The van der Waals surface area contributed by atoms with Gasteiger partial charge in [-0.2, -0.15) is 0 Å². The minimum Gasteiger partial charge on any atom is -0.397 e. The third-order valence-corrected chi connectivity index (χ3v) is 3.17. The predicted octanol–water partition coefficient (Wildman–Crippen LogP) is 1.73. The monoisotopic (exact) mass is 240 g/mol. The number of rotatable bonds is 1. The standard InChI is InChI=1S/C14H12N2O2/c15-12-5-9-3-1-2-4-10(9)6-13(12)16-8-11(17)7-14(16)18/h1-6H,7-8,15H2. The lowest BCUT2D eigenvalue weighted by Crippen LogP contribution is -2.25. The minimum absolute atomic E-state index is 0.0216. The van der Waals surface area contributed by atoms with E-state index in [2.05, 4.69) is 0 Å². The zero-order valence-electron chi connectivity index (χ0n) is 9.72. The average molecular weight is 240 g/mol. The zero-order chi connectivity index (χ0) is 12.7. The molecule has 4 nitrogen and oxygen atoms in total. The molecule has 1 fully saturated rings. The van der Waals surface area contributed by atoms with Gasteiger partial charge in [0.05, 0.1) is 24.3 Å². The lowest BCUT2D eigenvalue weighted by atomic mass is 10.1. The molecule has 0 aromatic heterocycles. The number of benzene rings is 2. The fourth-order valence-electron chi connectivity index (χ4n) is 2.28. The van der Waals surface area contributed by atoms with Gasteiger partial charge < -0.3 is 10.6 Å². The summed E-state index contributed by atoms with van der Waals surface area (Å²) in [5, 5.41) is 2.03. The Morgan fingerprint density at radius 1 is 1.06 bits per heavy atom. The second kappa shape index (κ2) is 3.84. The van der Waals surface area contributed by atoms with Gasteiger partial charge in [0.25, 0.3) is 0 Å². The number of nitrogens with zero attached hydrogens (tertiary/aromatic N) is 1. The zero-order valence-corrected chi connectivity index (χ0v) is 9.72. The third-order valence-electron chi connectivity index (χ3n) is 3.17. The van der Waals surface area contributed by atoms with Gasteiger partial charge in [-0.1, -0.05) is 24.3 Å². The molecule has 0 saturated carbocycles. The summed E-state index contributed by atoms with van der Waals surface area (Å²) in [7, 11) is 0. The summed E-state index contributed by atoms with van der Waals surface area (Å²) >= 11 is 0. The fourth-order valence-corrected chi connectivity index (χ4v) is 2.28. The van der Waals surface area contributed by atoms with Crippen LogP contribution in [0.3, 0.4) is 0 Å². The second-order valence-electron chi connectivity index (χ2n) is 4.45. The topological polar surface area (TPSA) is 63.4 Å². The SMILES string of the molecule is Nc1cc2ccccc2cc1N1CC(=O)CC1=O. The van der Waals surface area contributed by atoms with Gasteiger partial charge in [0.15, 0.2) is 5.78 Å². The van der Waals surface area contributed by atoms with Crippen LogP contribution in [-0.2, 0) is 9.59 Å². The van der Waals surface area contributed by atoms with Gasteiger partial charge in [0.2, 0.25) is 5.91 Å². The number of amides is 1. The number of nitrogens with two attached hydrogens (primary N) is 1. The first-order valence-electron chi connectivity index (χ1n) is 5.75. The molecule has 2 aromatic rings. The summed E-state index contributed by atoms with van der Waals surface area (Å²) in [6.45, 7) is 0.126. The Labute approximate surface area is 104 Å². The quantitative estimate of drug-likeness (QED) is 0.610. The number of fused-ring (bicyclic) bond motifs is 1. The van der Waals surface area contributed by atoms with Crippen LogP contribution in [0, 0.1) is 0 Å². The molecule has 1 amide bonds. The summed E-state index contributed by atoms with van der Waals surface area (Å²) in [6, 6.07) is 11.5. The first-order valence-corrected chi connectivity index (χ1v) is 5.75. The van der Waals surface area contributed by atoms with Crippen LogP contribution >= 0.6 is 0 Å². The van der Waals surface area contributed by atoms with Crippen LogP contribution in [0.15, 0.2) is 36.4 Å². The van der Waals surface area contributed by atoms with E-state index < -0.39 is 0 Å². The number of nitrogen functional groups attached to an aromatic ring is 1. The van der Waals surface area contributed by atoms with Gasteiger partial charge in [0, 0.05) is 0 Å². The number of carbonyl (C=O) groups is 2. The van der Waals surface area contributed by atoms with E-state index in [1.165, 1.54) is 4.90 Å². The molecular weight excluding hydrogens is 228 g/mol. The van der Waals surface area contributed by atoms with Crippen LogP contribution in [0.4, 0.5) is 11.4 Å². The van der Waals surface area contributed by atoms with Gasteiger partial charge in [0.1, 0.15) is 0 Å². The predicted molar refractivity (Wildman–Crippen MR) is 70.3 cm³/mol. The first kappa shape index (κ1) is 10.8. The molecule has 0 atom stereocenters. The molecule has 2 N–H and O–H groups in total. The molecule has 0 bridgehead atoms.